The second kappa shape index (κ2) is 3.82. The van der Waals surface area contributed by atoms with E-state index in [1.807, 2.05) is 0 Å². The zero-order valence-electron chi connectivity index (χ0n) is 9.84. The zero-order chi connectivity index (χ0) is 10.2. The molecule has 0 bridgehead atoms. The van der Waals surface area contributed by atoms with Crippen LogP contribution in [0.3, 0.4) is 0 Å². The van der Waals surface area contributed by atoms with Gasteiger partial charge in [0, 0.05) is 12.6 Å². The Bertz CT molecular complexity index is 195. The van der Waals surface area contributed by atoms with Gasteiger partial charge in [-0.25, -0.2) is 0 Å². The molecule has 2 aliphatic heterocycles. The van der Waals surface area contributed by atoms with E-state index in [2.05, 4.69) is 31.0 Å². The van der Waals surface area contributed by atoms with Crippen molar-refractivity contribution in [1.82, 2.24) is 10.2 Å². The van der Waals surface area contributed by atoms with Gasteiger partial charge in [0.15, 0.2) is 0 Å². The van der Waals surface area contributed by atoms with Gasteiger partial charge >= 0.3 is 0 Å². The van der Waals surface area contributed by atoms with Crippen molar-refractivity contribution in [3.63, 3.8) is 0 Å². The molecule has 0 aromatic rings. The Kier molecular flexibility index (Phi) is 2.85. The normalized spacial score (nSPS) is 33.6. The molecule has 0 aromatic heterocycles. The number of fused-ring (bicyclic) bond motifs is 1. The number of hydrogen-bond acceptors (Lipinski definition) is 2. The van der Waals surface area contributed by atoms with Crippen LogP contribution in [0.15, 0.2) is 0 Å². The number of likely N-dealkylation sites (tertiary alicyclic amines) is 1. The number of nitrogens with zero attached hydrogens (tertiary/aromatic N) is 1. The maximum atomic E-state index is 3.51. The van der Waals surface area contributed by atoms with Gasteiger partial charge in [-0.3, -0.25) is 4.90 Å². The molecule has 2 atom stereocenters. The molecule has 2 aliphatic rings. The summed E-state index contributed by atoms with van der Waals surface area (Å²) in [5.41, 5.74) is 0.490. The predicted octanol–water partition coefficient (Wildman–Crippen LogP) is 1.72. The number of hydrogen-bond donors (Lipinski definition) is 1. The molecule has 2 heterocycles. The van der Waals surface area contributed by atoms with E-state index in [0.717, 1.165) is 12.0 Å². The molecule has 1 N–H and O–H groups in total. The van der Waals surface area contributed by atoms with Crippen LogP contribution < -0.4 is 5.32 Å². The van der Waals surface area contributed by atoms with E-state index in [1.165, 1.54) is 39.0 Å². The fraction of sp³-hybridized carbons (Fsp3) is 1.00. The van der Waals surface area contributed by atoms with Gasteiger partial charge < -0.3 is 5.32 Å². The fourth-order valence-electron chi connectivity index (χ4n) is 2.70. The summed E-state index contributed by atoms with van der Waals surface area (Å²) < 4.78 is 0. The quantitative estimate of drug-likeness (QED) is 0.723. The minimum absolute atomic E-state index is 0.490. The lowest BCUT2D eigenvalue weighted by molar-refractivity contribution is 0.212. The summed E-state index contributed by atoms with van der Waals surface area (Å²) in [5, 5.41) is 3.51. The summed E-state index contributed by atoms with van der Waals surface area (Å²) >= 11 is 0. The molecular weight excluding hydrogens is 172 g/mol. The Labute approximate surface area is 88.1 Å². The molecule has 2 nitrogen and oxygen atoms in total. The largest absolute Gasteiger partial charge is 0.315 e. The van der Waals surface area contributed by atoms with E-state index >= 15 is 0 Å². The van der Waals surface area contributed by atoms with Gasteiger partial charge in [0.2, 0.25) is 0 Å². The van der Waals surface area contributed by atoms with Crippen LogP contribution >= 0.6 is 0 Å². The second-order valence-corrected chi connectivity index (χ2v) is 6.12. The van der Waals surface area contributed by atoms with Crippen molar-refractivity contribution < 1.29 is 0 Å². The van der Waals surface area contributed by atoms with Crippen molar-refractivity contribution in [2.45, 2.75) is 39.7 Å². The Balaban J connectivity index is 1.81. The first-order valence-corrected chi connectivity index (χ1v) is 6.01. The molecule has 14 heavy (non-hydrogen) atoms. The Morgan fingerprint density at radius 2 is 2.07 bits per heavy atom. The van der Waals surface area contributed by atoms with Crippen molar-refractivity contribution in [2.75, 3.05) is 26.2 Å². The summed E-state index contributed by atoms with van der Waals surface area (Å²) in [5.74, 6) is 0.954. The second-order valence-electron chi connectivity index (χ2n) is 6.12. The lowest BCUT2D eigenvalue weighted by Crippen LogP contribution is -2.36. The Morgan fingerprint density at radius 1 is 1.29 bits per heavy atom. The zero-order valence-corrected chi connectivity index (χ0v) is 9.84. The highest BCUT2D eigenvalue weighted by atomic mass is 15.2. The van der Waals surface area contributed by atoms with E-state index in [9.17, 15) is 0 Å². The summed E-state index contributed by atoms with van der Waals surface area (Å²) in [4.78, 5) is 2.70. The summed E-state index contributed by atoms with van der Waals surface area (Å²) in [6.07, 6.45) is 2.75. The minimum atomic E-state index is 0.490. The first-order chi connectivity index (χ1) is 6.56. The summed E-state index contributed by atoms with van der Waals surface area (Å²) in [6.45, 7) is 12.2. The van der Waals surface area contributed by atoms with E-state index in [-0.39, 0.29) is 0 Å². The molecular formula is C12H24N2. The average Bonchev–Trinajstić information content (AvgIpc) is 2.59. The van der Waals surface area contributed by atoms with Gasteiger partial charge in [-0.15, -0.1) is 0 Å². The molecule has 0 spiro atoms. The first-order valence-electron chi connectivity index (χ1n) is 6.01. The van der Waals surface area contributed by atoms with Crippen molar-refractivity contribution in [3.05, 3.63) is 0 Å². The molecule has 0 saturated carbocycles. The smallest absolute Gasteiger partial charge is 0.0261 e. The van der Waals surface area contributed by atoms with Gasteiger partial charge in [-0.05, 0) is 43.8 Å². The van der Waals surface area contributed by atoms with Gasteiger partial charge in [0.05, 0.1) is 0 Å². The number of rotatable bonds is 2. The highest BCUT2D eigenvalue weighted by Crippen LogP contribution is 2.29. The first kappa shape index (κ1) is 10.4. The van der Waals surface area contributed by atoms with Crippen LogP contribution in [0.2, 0.25) is 0 Å². The maximum absolute atomic E-state index is 3.51. The van der Waals surface area contributed by atoms with Crippen LogP contribution in [0.1, 0.15) is 33.6 Å². The van der Waals surface area contributed by atoms with E-state index in [1.54, 1.807) is 0 Å². The summed E-state index contributed by atoms with van der Waals surface area (Å²) in [6, 6.07) is 0.859. The molecule has 0 unspecified atom stereocenters. The maximum Gasteiger partial charge on any atom is 0.0261 e. The fourth-order valence-corrected chi connectivity index (χ4v) is 2.70. The van der Waals surface area contributed by atoms with Crippen LogP contribution in [0.25, 0.3) is 0 Å². The van der Waals surface area contributed by atoms with E-state index in [4.69, 9.17) is 0 Å². The Morgan fingerprint density at radius 3 is 2.79 bits per heavy atom. The molecule has 0 aliphatic carbocycles. The molecule has 2 rings (SSSR count). The third-order valence-electron chi connectivity index (χ3n) is 3.71. The van der Waals surface area contributed by atoms with Crippen LogP contribution in [0.5, 0.6) is 0 Å². The molecule has 0 amide bonds. The standard InChI is InChI=1S/C12H24N2/c1-12(2,3)5-7-14-6-4-10-8-13-9-11(10)14/h10-11,13H,4-9H2,1-3H3/t10-,11+/m0/s1. The van der Waals surface area contributed by atoms with Gasteiger partial charge in [-0.1, -0.05) is 20.8 Å². The van der Waals surface area contributed by atoms with Crippen molar-refractivity contribution >= 4 is 0 Å². The van der Waals surface area contributed by atoms with Gasteiger partial charge in [0.25, 0.3) is 0 Å². The molecule has 0 radical (unpaired) electrons. The predicted molar refractivity (Wildman–Crippen MR) is 60.4 cm³/mol. The van der Waals surface area contributed by atoms with E-state index < -0.39 is 0 Å². The third kappa shape index (κ3) is 2.29. The lowest BCUT2D eigenvalue weighted by Gasteiger charge is -2.27. The molecule has 0 aromatic carbocycles. The van der Waals surface area contributed by atoms with Crippen molar-refractivity contribution in [1.29, 1.82) is 0 Å². The minimum Gasteiger partial charge on any atom is -0.315 e. The van der Waals surface area contributed by atoms with Crippen LogP contribution in [-0.2, 0) is 0 Å². The SMILES string of the molecule is CC(C)(C)CCN1CC[C@H]2CNC[C@H]21. The van der Waals surface area contributed by atoms with Gasteiger partial charge in [0.1, 0.15) is 0 Å². The Hall–Kier alpha value is -0.0800. The highest BCUT2D eigenvalue weighted by Gasteiger charge is 2.37. The van der Waals surface area contributed by atoms with Crippen LogP contribution in [0.4, 0.5) is 0 Å². The monoisotopic (exact) mass is 196 g/mol. The molecule has 2 heteroatoms. The topological polar surface area (TPSA) is 15.3 Å². The van der Waals surface area contributed by atoms with Crippen LogP contribution in [-0.4, -0.2) is 37.1 Å². The summed E-state index contributed by atoms with van der Waals surface area (Å²) in [7, 11) is 0. The highest BCUT2D eigenvalue weighted by molar-refractivity contribution is 4.94. The van der Waals surface area contributed by atoms with Crippen molar-refractivity contribution in [2.24, 2.45) is 11.3 Å². The molecule has 2 fully saturated rings. The van der Waals surface area contributed by atoms with Crippen molar-refractivity contribution in [3.8, 4) is 0 Å². The average molecular weight is 196 g/mol. The van der Waals surface area contributed by atoms with Crippen LogP contribution in [0, 0.1) is 11.3 Å². The van der Waals surface area contributed by atoms with E-state index in [0.29, 0.717) is 5.41 Å². The lowest BCUT2D eigenvalue weighted by atomic mass is 9.92. The number of nitrogens with one attached hydrogen (secondary N) is 1. The van der Waals surface area contributed by atoms with Gasteiger partial charge in [-0.2, -0.15) is 0 Å². The third-order valence-corrected chi connectivity index (χ3v) is 3.71. The molecule has 2 saturated heterocycles. The molecule has 82 valence electrons.